The summed E-state index contributed by atoms with van der Waals surface area (Å²) >= 11 is 0. The fourth-order valence-electron chi connectivity index (χ4n) is 3.02. The first-order chi connectivity index (χ1) is 15.6. The minimum atomic E-state index is -4.72. The third-order valence-corrected chi connectivity index (χ3v) is 6.38. The van der Waals surface area contributed by atoms with Crippen LogP contribution in [0.4, 0.5) is 18.9 Å². The molecule has 0 heterocycles. The highest BCUT2D eigenvalue weighted by atomic mass is 32.2. The largest absolute Gasteiger partial charge is 0.416 e. The number of nitrogens with zero attached hydrogens (tertiary/aromatic N) is 2. The van der Waals surface area contributed by atoms with Crippen LogP contribution in [0.3, 0.4) is 0 Å². The number of anilines is 1. The van der Waals surface area contributed by atoms with Crippen molar-refractivity contribution in [3.05, 3.63) is 95.6 Å². The van der Waals surface area contributed by atoms with Gasteiger partial charge in [-0.2, -0.15) is 22.7 Å². The fraction of sp³-hybridized carbons (Fsp3) is 0.130. The molecule has 0 radical (unpaired) electrons. The molecule has 170 valence electrons. The third-order valence-electron chi connectivity index (χ3n) is 4.60. The molecule has 3 aromatic rings. The second kappa shape index (κ2) is 9.85. The van der Waals surface area contributed by atoms with Gasteiger partial charge in [0.2, 0.25) is 15.9 Å². The number of alkyl halides is 3. The number of benzene rings is 3. The summed E-state index contributed by atoms with van der Waals surface area (Å²) in [5, 5.41) is 11.5. The number of hydrogen-bond acceptors (Lipinski definition) is 4. The quantitative estimate of drug-likeness (QED) is 0.551. The van der Waals surface area contributed by atoms with Gasteiger partial charge in [0, 0.05) is 12.2 Å². The van der Waals surface area contributed by atoms with Gasteiger partial charge in [-0.25, -0.2) is 8.42 Å². The Labute approximate surface area is 188 Å². The summed E-state index contributed by atoms with van der Waals surface area (Å²) in [4.78, 5) is 12.1. The highest BCUT2D eigenvalue weighted by Gasteiger charge is 2.33. The molecule has 0 aliphatic heterocycles. The van der Waals surface area contributed by atoms with Crippen molar-refractivity contribution in [2.45, 2.75) is 17.6 Å². The summed E-state index contributed by atoms with van der Waals surface area (Å²) < 4.78 is 66.7. The third kappa shape index (κ3) is 6.19. The first-order valence-corrected chi connectivity index (χ1v) is 11.0. The molecule has 6 nitrogen and oxygen atoms in total. The van der Waals surface area contributed by atoms with Crippen LogP contribution in [0.1, 0.15) is 16.7 Å². The molecule has 0 aliphatic rings. The molecule has 1 amide bonds. The van der Waals surface area contributed by atoms with Gasteiger partial charge < -0.3 is 5.32 Å². The smallest absolute Gasteiger partial charge is 0.325 e. The van der Waals surface area contributed by atoms with Crippen molar-refractivity contribution in [2.24, 2.45) is 0 Å². The Bertz CT molecular complexity index is 1290. The van der Waals surface area contributed by atoms with E-state index in [4.69, 9.17) is 5.26 Å². The standard InChI is InChI=1S/C23H18F3N3O3S/c24-23(25,26)19-9-5-11-21(13-19)33(31,32)29(15-17-6-2-1-3-7-17)16-22(30)28-20-10-4-8-18(12-20)14-27/h1-13H,15-16H2,(H,28,30). The molecule has 0 aliphatic carbocycles. The van der Waals surface area contributed by atoms with Crippen molar-refractivity contribution >= 4 is 21.6 Å². The Morgan fingerprint density at radius 3 is 2.33 bits per heavy atom. The molecule has 3 rings (SSSR count). The maximum atomic E-state index is 13.2. The predicted molar refractivity (Wildman–Crippen MR) is 115 cm³/mol. The average molecular weight is 473 g/mol. The normalized spacial score (nSPS) is 11.7. The molecule has 0 bridgehead atoms. The zero-order chi connectivity index (χ0) is 24.1. The van der Waals surface area contributed by atoms with Crippen molar-refractivity contribution in [3.63, 3.8) is 0 Å². The minimum Gasteiger partial charge on any atom is -0.325 e. The lowest BCUT2D eigenvalue weighted by Gasteiger charge is -2.22. The number of nitrogens with one attached hydrogen (secondary N) is 1. The van der Waals surface area contributed by atoms with Gasteiger partial charge >= 0.3 is 6.18 Å². The number of sulfonamides is 1. The van der Waals surface area contributed by atoms with Crippen LogP contribution in [0.25, 0.3) is 0 Å². The predicted octanol–water partition coefficient (Wildman–Crippen LogP) is 4.41. The zero-order valence-corrected chi connectivity index (χ0v) is 17.9. The lowest BCUT2D eigenvalue weighted by atomic mass is 10.2. The maximum Gasteiger partial charge on any atom is 0.416 e. The second-order valence-electron chi connectivity index (χ2n) is 7.03. The Hall–Kier alpha value is -3.68. The molecular formula is C23H18F3N3O3S. The summed E-state index contributed by atoms with van der Waals surface area (Å²) in [5.74, 6) is -0.712. The van der Waals surface area contributed by atoms with E-state index in [0.29, 0.717) is 17.2 Å². The van der Waals surface area contributed by atoms with E-state index in [1.54, 1.807) is 36.4 Å². The fourth-order valence-corrected chi connectivity index (χ4v) is 4.45. The van der Waals surface area contributed by atoms with E-state index in [9.17, 15) is 26.4 Å². The minimum absolute atomic E-state index is 0.231. The topological polar surface area (TPSA) is 90.3 Å². The summed E-state index contributed by atoms with van der Waals surface area (Å²) in [7, 11) is -4.46. The van der Waals surface area contributed by atoms with Gasteiger partial charge in [-0.15, -0.1) is 0 Å². The molecule has 1 N–H and O–H groups in total. The highest BCUT2D eigenvalue weighted by molar-refractivity contribution is 7.89. The van der Waals surface area contributed by atoms with Crippen molar-refractivity contribution < 1.29 is 26.4 Å². The van der Waals surface area contributed by atoms with Crippen LogP contribution >= 0.6 is 0 Å². The van der Waals surface area contributed by atoms with Crippen LogP contribution in [0.5, 0.6) is 0 Å². The lowest BCUT2D eigenvalue weighted by molar-refractivity contribution is -0.137. The SMILES string of the molecule is N#Cc1cccc(NC(=O)CN(Cc2ccccc2)S(=O)(=O)c2cccc(C(F)(F)F)c2)c1. The van der Waals surface area contributed by atoms with Crippen LogP contribution in [0.15, 0.2) is 83.8 Å². The summed E-state index contributed by atoms with van der Waals surface area (Å²) in [6, 6.07) is 19.7. The molecule has 0 spiro atoms. The Balaban J connectivity index is 1.92. The van der Waals surface area contributed by atoms with Crippen molar-refractivity contribution in [1.29, 1.82) is 5.26 Å². The van der Waals surface area contributed by atoms with Crippen LogP contribution in [-0.2, 0) is 27.5 Å². The second-order valence-corrected chi connectivity index (χ2v) is 8.96. The van der Waals surface area contributed by atoms with Crippen molar-refractivity contribution in [3.8, 4) is 6.07 Å². The van der Waals surface area contributed by atoms with Crippen molar-refractivity contribution in [1.82, 2.24) is 4.31 Å². The van der Waals surface area contributed by atoms with Crippen LogP contribution in [-0.4, -0.2) is 25.2 Å². The molecule has 0 atom stereocenters. The maximum absolute atomic E-state index is 13.2. The molecular weight excluding hydrogens is 455 g/mol. The van der Waals surface area contributed by atoms with Gasteiger partial charge in [0.15, 0.2) is 0 Å². The average Bonchev–Trinajstić information content (AvgIpc) is 2.79. The van der Waals surface area contributed by atoms with E-state index >= 15 is 0 Å². The number of hydrogen-bond donors (Lipinski definition) is 1. The molecule has 0 saturated heterocycles. The Kier molecular flexibility index (Phi) is 7.16. The van der Waals surface area contributed by atoms with Gasteiger partial charge in [0.05, 0.1) is 28.6 Å². The monoisotopic (exact) mass is 473 g/mol. The van der Waals surface area contributed by atoms with Crippen LogP contribution < -0.4 is 5.32 Å². The zero-order valence-electron chi connectivity index (χ0n) is 17.1. The van der Waals surface area contributed by atoms with Crippen molar-refractivity contribution in [2.75, 3.05) is 11.9 Å². The van der Waals surface area contributed by atoms with Gasteiger partial charge in [-0.1, -0.05) is 42.5 Å². The number of carbonyl (C=O) groups is 1. The van der Waals surface area contributed by atoms with Gasteiger partial charge in [-0.3, -0.25) is 4.79 Å². The first-order valence-electron chi connectivity index (χ1n) is 9.61. The van der Waals surface area contributed by atoms with E-state index in [-0.39, 0.29) is 12.2 Å². The number of nitriles is 1. The van der Waals surface area contributed by atoms with E-state index in [0.717, 1.165) is 22.5 Å². The lowest BCUT2D eigenvalue weighted by Crippen LogP contribution is -2.37. The van der Waals surface area contributed by atoms with E-state index in [1.807, 2.05) is 6.07 Å². The van der Waals surface area contributed by atoms with Gasteiger partial charge in [-0.05, 0) is 42.0 Å². The van der Waals surface area contributed by atoms with Crippen LogP contribution in [0, 0.1) is 11.3 Å². The number of halogens is 3. The molecule has 3 aromatic carbocycles. The van der Waals surface area contributed by atoms with E-state index in [1.165, 1.54) is 18.2 Å². The van der Waals surface area contributed by atoms with Gasteiger partial charge in [0.25, 0.3) is 0 Å². The Morgan fingerprint density at radius 1 is 0.970 bits per heavy atom. The molecule has 33 heavy (non-hydrogen) atoms. The molecule has 0 aromatic heterocycles. The molecule has 0 unspecified atom stereocenters. The summed E-state index contributed by atoms with van der Waals surface area (Å²) in [5.41, 5.74) is 0.0223. The van der Waals surface area contributed by atoms with Gasteiger partial charge in [0.1, 0.15) is 0 Å². The molecule has 0 fully saturated rings. The first kappa shape index (κ1) is 24.0. The van der Waals surface area contributed by atoms with E-state index in [2.05, 4.69) is 5.32 Å². The highest BCUT2D eigenvalue weighted by Crippen LogP contribution is 2.31. The molecule has 10 heteroatoms. The van der Waals surface area contributed by atoms with E-state index < -0.39 is 39.1 Å². The number of amides is 1. The number of carbonyl (C=O) groups excluding carboxylic acids is 1. The van der Waals surface area contributed by atoms with Crippen LogP contribution in [0.2, 0.25) is 0 Å². The number of rotatable bonds is 7. The molecule has 0 saturated carbocycles. The summed E-state index contributed by atoms with van der Waals surface area (Å²) in [6.45, 7) is -0.880. The summed E-state index contributed by atoms with van der Waals surface area (Å²) in [6.07, 6.45) is -4.72. The Morgan fingerprint density at radius 2 is 1.67 bits per heavy atom.